The first-order valence-corrected chi connectivity index (χ1v) is 5.78. The lowest BCUT2D eigenvalue weighted by Crippen LogP contribution is -1.90. The van der Waals surface area contributed by atoms with Crippen molar-refractivity contribution in [2.24, 2.45) is 0 Å². The van der Waals surface area contributed by atoms with Gasteiger partial charge in [-0.1, -0.05) is 29.8 Å². The summed E-state index contributed by atoms with van der Waals surface area (Å²) in [5.74, 6) is 0. The minimum atomic E-state index is 0.656. The van der Waals surface area contributed by atoms with Gasteiger partial charge in [0, 0.05) is 17.3 Å². The number of carbonyl (C=O) groups is 1. The van der Waals surface area contributed by atoms with Crippen LogP contribution in [-0.4, -0.2) is 15.9 Å². The fourth-order valence-corrected chi connectivity index (χ4v) is 2.00. The minimum Gasteiger partial charge on any atom is -0.298 e. The number of aldehydes is 1. The molecule has 0 saturated carbocycles. The van der Waals surface area contributed by atoms with E-state index in [4.69, 9.17) is 0 Å². The number of hydrogen-bond acceptors (Lipinski definition) is 2. The van der Waals surface area contributed by atoms with Crippen LogP contribution in [0.25, 0.3) is 16.8 Å². The molecule has 0 N–H and O–H groups in total. The molecular weight excluding hydrogens is 224 g/mol. The Balaban J connectivity index is 2.19. The van der Waals surface area contributed by atoms with Gasteiger partial charge in [0.25, 0.3) is 0 Å². The highest BCUT2D eigenvalue weighted by molar-refractivity contribution is 5.87. The van der Waals surface area contributed by atoms with E-state index < -0.39 is 0 Å². The molecule has 3 rings (SSSR count). The number of carbonyl (C=O) groups excluding carboxylic acids is 1. The van der Waals surface area contributed by atoms with Gasteiger partial charge in [-0.3, -0.25) is 4.79 Å². The number of aromatic nitrogens is 2. The summed E-state index contributed by atoms with van der Waals surface area (Å²) in [6.45, 7) is 2.05. The number of benzene rings is 1. The summed E-state index contributed by atoms with van der Waals surface area (Å²) in [6.07, 6.45) is 2.70. The van der Waals surface area contributed by atoms with Gasteiger partial charge < -0.3 is 0 Å². The van der Waals surface area contributed by atoms with Crippen LogP contribution in [0.2, 0.25) is 0 Å². The summed E-state index contributed by atoms with van der Waals surface area (Å²) >= 11 is 0. The van der Waals surface area contributed by atoms with Gasteiger partial charge >= 0.3 is 0 Å². The zero-order valence-corrected chi connectivity index (χ0v) is 10.00. The molecule has 18 heavy (non-hydrogen) atoms. The van der Waals surface area contributed by atoms with Crippen molar-refractivity contribution in [3.8, 4) is 11.3 Å². The monoisotopic (exact) mass is 236 g/mol. The highest BCUT2D eigenvalue weighted by atomic mass is 16.1. The van der Waals surface area contributed by atoms with Gasteiger partial charge in [0.2, 0.25) is 0 Å². The lowest BCUT2D eigenvalue weighted by Gasteiger charge is -1.96. The zero-order chi connectivity index (χ0) is 12.5. The van der Waals surface area contributed by atoms with Crippen molar-refractivity contribution in [2.75, 3.05) is 0 Å². The summed E-state index contributed by atoms with van der Waals surface area (Å²) < 4.78 is 1.74. The van der Waals surface area contributed by atoms with Gasteiger partial charge in [0.15, 0.2) is 6.29 Å². The fraction of sp³-hybridized carbons (Fsp3) is 0.0667. The Morgan fingerprint density at radius 1 is 1.17 bits per heavy atom. The normalized spacial score (nSPS) is 10.7. The summed E-state index contributed by atoms with van der Waals surface area (Å²) in [7, 11) is 0. The largest absolute Gasteiger partial charge is 0.298 e. The molecule has 0 fully saturated rings. The summed E-state index contributed by atoms with van der Waals surface area (Å²) in [4.78, 5) is 11.0. The zero-order valence-electron chi connectivity index (χ0n) is 10.00. The fourth-order valence-electron chi connectivity index (χ4n) is 2.00. The standard InChI is InChI=1S/C15H12N2O/c1-11-4-6-12(7-5-11)14-9-15-13(10-18)3-2-8-17(15)16-14/h2-10H,1H3. The number of fused-ring (bicyclic) bond motifs is 1. The molecule has 0 atom stereocenters. The van der Waals surface area contributed by atoms with Gasteiger partial charge in [-0.25, -0.2) is 4.52 Å². The van der Waals surface area contributed by atoms with Crippen LogP contribution in [0.5, 0.6) is 0 Å². The van der Waals surface area contributed by atoms with Crippen molar-refractivity contribution < 1.29 is 4.79 Å². The highest BCUT2D eigenvalue weighted by Crippen LogP contribution is 2.21. The minimum absolute atomic E-state index is 0.656. The van der Waals surface area contributed by atoms with Crippen molar-refractivity contribution in [1.29, 1.82) is 0 Å². The molecule has 0 bridgehead atoms. The summed E-state index contributed by atoms with van der Waals surface area (Å²) in [6, 6.07) is 13.7. The molecular formula is C15H12N2O. The predicted molar refractivity (Wildman–Crippen MR) is 70.8 cm³/mol. The van der Waals surface area contributed by atoms with Crippen LogP contribution in [0.15, 0.2) is 48.7 Å². The maximum Gasteiger partial charge on any atom is 0.152 e. The smallest absolute Gasteiger partial charge is 0.152 e. The third-order valence-corrected chi connectivity index (χ3v) is 3.01. The van der Waals surface area contributed by atoms with Gasteiger partial charge in [-0.05, 0) is 25.1 Å². The number of pyridine rings is 1. The molecule has 2 heterocycles. The Kier molecular flexibility index (Phi) is 2.45. The molecule has 0 saturated heterocycles. The lowest BCUT2D eigenvalue weighted by atomic mass is 10.1. The van der Waals surface area contributed by atoms with Crippen molar-refractivity contribution >= 4 is 11.8 Å². The molecule has 0 aliphatic heterocycles. The third kappa shape index (κ3) is 1.70. The topological polar surface area (TPSA) is 34.4 Å². The molecule has 0 spiro atoms. The van der Waals surface area contributed by atoms with Crippen LogP contribution in [0.3, 0.4) is 0 Å². The van der Waals surface area contributed by atoms with E-state index in [1.54, 1.807) is 10.6 Å². The van der Waals surface area contributed by atoms with Crippen molar-refractivity contribution in [1.82, 2.24) is 9.61 Å². The molecule has 0 unspecified atom stereocenters. The SMILES string of the molecule is Cc1ccc(-c2cc3c(C=O)cccn3n2)cc1. The Morgan fingerprint density at radius 3 is 2.67 bits per heavy atom. The number of aryl methyl sites for hydroxylation is 1. The Bertz CT molecular complexity index is 711. The van der Waals surface area contributed by atoms with E-state index >= 15 is 0 Å². The molecule has 3 nitrogen and oxygen atoms in total. The molecule has 3 aromatic rings. The second-order valence-corrected chi connectivity index (χ2v) is 4.31. The van der Waals surface area contributed by atoms with Crippen LogP contribution in [0.4, 0.5) is 0 Å². The molecule has 0 aliphatic rings. The Morgan fingerprint density at radius 2 is 1.94 bits per heavy atom. The molecule has 1 aromatic carbocycles. The first kappa shape index (κ1) is 10.7. The number of rotatable bonds is 2. The van der Waals surface area contributed by atoms with Crippen LogP contribution in [0, 0.1) is 6.92 Å². The van der Waals surface area contributed by atoms with Crippen LogP contribution >= 0.6 is 0 Å². The average molecular weight is 236 g/mol. The van der Waals surface area contributed by atoms with Gasteiger partial charge in [-0.15, -0.1) is 0 Å². The highest BCUT2D eigenvalue weighted by Gasteiger charge is 2.06. The van der Waals surface area contributed by atoms with Crippen LogP contribution in [0.1, 0.15) is 15.9 Å². The molecule has 0 amide bonds. The lowest BCUT2D eigenvalue weighted by molar-refractivity contribution is 0.112. The van der Waals surface area contributed by atoms with Gasteiger partial charge in [0.1, 0.15) is 0 Å². The average Bonchev–Trinajstić information content (AvgIpc) is 2.83. The van der Waals surface area contributed by atoms with E-state index in [0.29, 0.717) is 5.56 Å². The Hall–Kier alpha value is -2.42. The molecule has 88 valence electrons. The number of hydrogen-bond donors (Lipinski definition) is 0. The van der Waals surface area contributed by atoms with Crippen LogP contribution in [-0.2, 0) is 0 Å². The number of nitrogens with zero attached hydrogens (tertiary/aromatic N) is 2. The van der Waals surface area contributed by atoms with E-state index in [0.717, 1.165) is 23.1 Å². The van der Waals surface area contributed by atoms with E-state index in [-0.39, 0.29) is 0 Å². The van der Waals surface area contributed by atoms with E-state index in [2.05, 4.69) is 24.2 Å². The summed E-state index contributed by atoms with van der Waals surface area (Å²) in [5.41, 5.74) is 4.65. The van der Waals surface area contributed by atoms with Gasteiger partial charge in [-0.2, -0.15) is 5.10 Å². The third-order valence-electron chi connectivity index (χ3n) is 3.01. The molecule has 2 aromatic heterocycles. The second-order valence-electron chi connectivity index (χ2n) is 4.31. The first-order valence-electron chi connectivity index (χ1n) is 5.78. The first-order chi connectivity index (χ1) is 8.78. The maximum absolute atomic E-state index is 11.0. The maximum atomic E-state index is 11.0. The molecule has 0 radical (unpaired) electrons. The Labute approximate surface area is 105 Å². The van der Waals surface area contributed by atoms with Gasteiger partial charge in [0.05, 0.1) is 11.2 Å². The predicted octanol–water partition coefficient (Wildman–Crippen LogP) is 3.12. The quantitative estimate of drug-likeness (QED) is 0.641. The van der Waals surface area contributed by atoms with E-state index in [1.807, 2.05) is 30.5 Å². The molecule has 3 heteroatoms. The second kappa shape index (κ2) is 4.11. The van der Waals surface area contributed by atoms with Crippen molar-refractivity contribution in [3.05, 3.63) is 59.8 Å². The van der Waals surface area contributed by atoms with E-state index in [9.17, 15) is 4.79 Å². The van der Waals surface area contributed by atoms with E-state index in [1.165, 1.54) is 5.56 Å². The molecule has 0 aliphatic carbocycles. The van der Waals surface area contributed by atoms with Crippen LogP contribution < -0.4 is 0 Å². The summed E-state index contributed by atoms with van der Waals surface area (Å²) in [5, 5.41) is 4.48. The van der Waals surface area contributed by atoms with Crippen molar-refractivity contribution in [2.45, 2.75) is 6.92 Å². The van der Waals surface area contributed by atoms with Crippen molar-refractivity contribution in [3.63, 3.8) is 0 Å².